The van der Waals surface area contributed by atoms with E-state index < -0.39 is 12.2 Å². The first-order valence-corrected chi connectivity index (χ1v) is 2.87. The molecule has 0 aromatic carbocycles. The van der Waals surface area contributed by atoms with Gasteiger partial charge in [-0.15, -0.1) is 0 Å². The molecule has 0 atom stereocenters. The lowest BCUT2D eigenvalue weighted by atomic mass is 10.4. The Labute approximate surface area is 66.1 Å². The fourth-order valence-corrected chi connectivity index (χ4v) is 0.657. The average Bonchev–Trinajstić information content (AvgIpc) is 2.46. The zero-order valence-corrected chi connectivity index (χ0v) is 5.67. The molecule has 4 nitrogen and oxygen atoms in total. The van der Waals surface area contributed by atoms with Gasteiger partial charge in [0.15, 0.2) is 17.2 Å². The molecule has 0 saturated carbocycles. The zero-order chi connectivity index (χ0) is 9.14. The van der Waals surface area contributed by atoms with Crippen LogP contribution in [0.1, 0.15) is 23.6 Å². The average molecular weight is 168 g/mol. The number of nitriles is 2. The first-order chi connectivity index (χ1) is 5.69. The minimum atomic E-state index is -2.79. The van der Waals surface area contributed by atoms with Crippen molar-refractivity contribution in [2.24, 2.45) is 0 Å². The van der Waals surface area contributed by atoms with E-state index in [0.717, 1.165) is 0 Å². The van der Waals surface area contributed by atoms with Crippen molar-refractivity contribution in [3.63, 3.8) is 0 Å². The highest BCUT2D eigenvalue weighted by atomic mass is 19.3. The summed E-state index contributed by atoms with van der Waals surface area (Å²) in [6.07, 6.45) is -2.79. The molecule has 0 fully saturated rings. The third-order valence-corrected chi connectivity index (χ3v) is 1.15. The van der Waals surface area contributed by atoms with Gasteiger partial charge in [0.05, 0.1) is 0 Å². The predicted molar refractivity (Wildman–Crippen MR) is 33.0 cm³/mol. The first kappa shape index (κ1) is 8.15. The number of alkyl halides is 2. The fourth-order valence-electron chi connectivity index (χ4n) is 0.657. The molecule has 0 radical (unpaired) electrons. The van der Waals surface area contributed by atoms with E-state index in [1.807, 2.05) is 4.98 Å². The molecule has 1 rings (SSSR count). The second kappa shape index (κ2) is 2.97. The monoisotopic (exact) mass is 168 g/mol. The van der Waals surface area contributed by atoms with Crippen LogP contribution in [0.5, 0.6) is 0 Å². The summed E-state index contributed by atoms with van der Waals surface area (Å²) < 4.78 is 23.8. The van der Waals surface area contributed by atoms with Crippen molar-refractivity contribution in [2.45, 2.75) is 6.43 Å². The van der Waals surface area contributed by atoms with Crippen molar-refractivity contribution in [1.29, 1.82) is 10.5 Å². The molecule has 0 bridgehead atoms. The summed E-state index contributed by atoms with van der Waals surface area (Å²) >= 11 is 0. The third-order valence-electron chi connectivity index (χ3n) is 1.15. The molecule has 0 amide bonds. The first-order valence-electron chi connectivity index (χ1n) is 2.87. The van der Waals surface area contributed by atoms with Gasteiger partial charge in [0.2, 0.25) is 0 Å². The molecule has 0 aliphatic rings. The van der Waals surface area contributed by atoms with Crippen LogP contribution in [0.3, 0.4) is 0 Å². The molecule has 0 aliphatic carbocycles. The molecule has 0 aliphatic heterocycles. The molecule has 0 spiro atoms. The number of halogens is 2. The van der Waals surface area contributed by atoms with Gasteiger partial charge < -0.3 is 4.98 Å². The molecule has 12 heavy (non-hydrogen) atoms. The summed E-state index contributed by atoms with van der Waals surface area (Å²) in [4.78, 5) is 5.25. The number of imidazole rings is 1. The molecule has 1 aromatic rings. The van der Waals surface area contributed by atoms with Crippen LogP contribution in [-0.4, -0.2) is 9.97 Å². The van der Waals surface area contributed by atoms with Crippen molar-refractivity contribution in [3.05, 3.63) is 17.2 Å². The normalized spacial score (nSPS) is 9.42. The topological polar surface area (TPSA) is 76.3 Å². The smallest absolute Gasteiger partial charge is 0.295 e. The van der Waals surface area contributed by atoms with Gasteiger partial charge in [-0.1, -0.05) is 0 Å². The van der Waals surface area contributed by atoms with Gasteiger partial charge >= 0.3 is 0 Å². The number of aromatic amines is 1. The van der Waals surface area contributed by atoms with E-state index in [4.69, 9.17) is 10.5 Å². The fraction of sp³-hybridized carbons (Fsp3) is 0.167. The Kier molecular flexibility index (Phi) is 2.02. The van der Waals surface area contributed by atoms with Crippen LogP contribution >= 0.6 is 0 Å². The number of aromatic nitrogens is 2. The Morgan fingerprint density at radius 2 is 2.00 bits per heavy atom. The maximum Gasteiger partial charge on any atom is 0.295 e. The Hall–Kier alpha value is -1.95. The van der Waals surface area contributed by atoms with E-state index in [0.29, 0.717) is 0 Å². The molecule has 0 unspecified atom stereocenters. The summed E-state index contributed by atoms with van der Waals surface area (Å²) in [6.45, 7) is 0. The van der Waals surface area contributed by atoms with Gasteiger partial charge in [-0.05, 0) is 0 Å². The van der Waals surface area contributed by atoms with Crippen LogP contribution in [-0.2, 0) is 0 Å². The molecule has 1 heterocycles. The van der Waals surface area contributed by atoms with Crippen LogP contribution in [0, 0.1) is 22.7 Å². The van der Waals surface area contributed by atoms with Gasteiger partial charge in [-0.3, -0.25) is 0 Å². The summed E-state index contributed by atoms with van der Waals surface area (Å²) in [5.41, 5.74) is -0.527. The lowest BCUT2D eigenvalue weighted by Gasteiger charge is -1.87. The van der Waals surface area contributed by atoms with Crippen molar-refractivity contribution >= 4 is 0 Å². The summed E-state index contributed by atoms with van der Waals surface area (Å²) in [6, 6.07) is 3.07. The van der Waals surface area contributed by atoms with E-state index in [1.165, 1.54) is 6.07 Å². The largest absolute Gasteiger partial charge is 0.328 e. The molecular formula is C6H2F2N4. The van der Waals surface area contributed by atoms with Crippen molar-refractivity contribution in [1.82, 2.24) is 9.97 Å². The van der Waals surface area contributed by atoms with E-state index in [1.54, 1.807) is 6.07 Å². The molecule has 1 N–H and O–H groups in total. The predicted octanol–water partition coefficient (Wildman–Crippen LogP) is 1.09. The highest BCUT2D eigenvalue weighted by Crippen LogP contribution is 2.16. The molecule has 6 heteroatoms. The van der Waals surface area contributed by atoms with Crippen molar-refractivity contribution in [3.8, 4) is 12.1 Å². The Balaban J connectivity index is 3.19. The molecule has 0 saturated heterocycles. The number of H-pyrrole nitrogens is 1. The third kappa shape index (κ3) is 1.23. The highest BCUT2D eigenvalue weighted by molar-refractivity contribution is 5.36. The summed E-state index contributed by atoms with van der Waals surface area (Å²) in [7, 11) is 0. The number of hydrogen-bond acceptors (Lipinski definition) is 3. The van der Waals surface area contributed by atoms with Gasteiger partial charge in [-0.2, -0.15) is 10.5 Å². The van der Waals surface area contributed by atoms with Crippen LogP contribution in [0.2, 0.25) is 0 Å². The number of nitrogens with zero attached hydrogens (tertiary/aromatic N) is 3. The van der Waals surface area contributed by atoms with Crippen molar-refractivity contribution in [2.75, 3.05) is 0 Å². The van der Waals surface area contributed by atoms with E-state index in [2.05, 4.69) is 4.98 Å². The second-order valence-electron chi connectivity index (χ2n) is 1.87. The van der Waals surface area contributed by atoms with Crippen LogP contribution in [0.25, 0.3) is 0 Å². The Bertz CT molecular complexity index is 336. The number of hydrogen-bond donors (Lipinski definition) is 1. The Morgan fingerprint density at radius 3 is 2.33 bits per heavy atom. The molecule has 60 valence electrons. The minimum Gasteiger partial charge on any atom is -0.328 e. The maximum atomic E-state index is 11.9. The Morgan fingerprint density at radius 1 is 1.33 bits per heavy atom. The van der Waals surface area contributed by atoms with E-state index in [9.17, 15) is 8.78 Å². The zero-order valence-electron chi connectivity index (χ0n) is 5.67. The second-order valence-corrected chi connectivity index (χ2v) is 1.87. The molecule has 1 aromatic heterocycles. The maximum absolute atomic E-state index is 11.9. The highest BCUT2D eigenvalue weighted by Gasteiger charge is 2.15. The standard InChI is InChI=1S/C6H2F2N4/c7-5(8)6-11-3(1-9)4(2-10)12-6/h5H,(H,11,12). The lowest BCUT2D eigenvalue weighted by molar-refractivity contribution is 0.141. The van der Waals surface area contributed by atoms with E-state index >= 15 is 0 Å². The number of nitrogens with one attached hydrogen (secondary N) is 1. The number of rotatable bonds is 1. The quantitative estimate of drug-likeness (QED) is 0.681. The SMILES string of the molecule is N#Cc1nc(C(F)F)[nH]c1C#N. The summed E-state index contributed by atoms with van der Waals surface area (Å²) in [5, 5.41) is 16.6. The van der Waals surface area contributed by atoms with Crippen LogP contribution < -0.4 is 0 Å². The minimum absolute atomic E-state index is 0.229. The van der Waals surface area contributed by atoms with Gasteiger partial charge in [0, 0.05) is 0 Å². The van der Waals surface area contributed by atoms with Crippen molar-refractivity contribution < 1.29 is 8.78 Å². The van der Waals surface area contributed by atoms with Gasteiger partial charge in [0.1, 0.15) is 12.1 Å². The van der Waals surface area contributed by atoms with Gasteiger partial charge in [0.25, 0.3) is 6.43 Å². The van der Waals surface area contributed by atoms with Crippen LogP contribution in [0.4, 0.5) is 8.78 Å². The van der Waals surface area contributed by atoms with Gasteiger partial charge in [-0.25, -0.2) is 13.8 Å². The molecular weight excluding hydrogens is 166 g/mol. The van der Waals surface area contributed by atoms with E-state index in [-0.39, 0.29) is 11.4 Å². The lowest BCUT2D eigenvalue weighted by Crippen LogP contribution is -1.86. The summed E-state index contributed by atoms with van der Waals surface area (Å²) in [5.74, 6) is -0.650. The van der Waals surface area contributed by atoms with Crippen LogP contribution in [0.15, 0.2) is 0 Å².